The fourth-order valence-electron chi connectivity index (χ4n) is 1.49. The Labute approximate surface area is 113 Å². The van der Waals surface area contributed by atoms with E-state index in [1.165, 1.54) is 29.5 Å². The molecule has 1 aromatic carbocycles. The Morgan fingerprint density at radius 3 is 2.53 bits per heavy atom. The molecule has 0 atom stereocenters. The Balaban J connectivity index is 2.20. The van der Waals surface area contributed by atoms with Crippen LogP contribution in [0, 0.1) is 13.8 Å². The first-order valence-electron chi connectivity index (χ1n) is 5.56. The Bertz CT molecular complexity index is 630. The normalized spacial score (nSPS) is 10.2. The molecule has 0 fully saturated rings. The number of aryl methyl sites for hydroxylation is 2. The van der Waals surface area contributed by atoms with Crippen LogP contribution in [0.5, 0.6) is 0 Å². The van der Waals surface area contributed by atoms with E-state index in [9.17, 15) is 9.59 Å². The van der Waals surface area contributed by atoms with E-state index in [1.54, 1.807) is 6.07 Å². The van der Waals surface area contributed by atoms with E-state index in [0.29, 0.717) is 10.7 Å². The number of carboxylic acid groups (broad SMARTS) is 1. The number of carbonyl (C=O) groups excluding carboxylic acids is 1. The number of carbonyl (C=O) groups is 2. The first kappa shape index (κ1) is 13.2. The number of anilines is 1. The lowest BCUT2D eigenvalue weighted by atomic mass is 10.1. The largest absolute Gasteiger partial charge is 0.478 e. The molecular formula is C13H12N2O3S. The number of benzene rings is 1. The Kier molecular flexibility index (Phi) is 3.62. The van der Waals surface area contributed by atoms with Gasteiger partial charge in [-0.05, 0) is 32.0 Å². The van der Waals surface area contributed by atoms with Gasteiger partial charge in [0, 0.05) is 10.4 Å². The standard InChI is InChI=1S/C13H12N2O3S/c1-7-8(2)19-13(14-7)15-11(16)9-4-3-5-10(6-9)12(17)18/h3-6H,1-2H3,(H,17,18)(H,14,15,16). The van der Waals surface area contributed by atoms with Crippen LogP contribution >= 0.6 is 11.3 Å². The van der Waals surface area contributed by atoms with Crippen LogP contribution in [0.2, 0.25) is 0 Å². The lowest BCUT2D eigenvalue weighted by molar-refractivity contribution is 0.0697. The molecule has 98 valence electrons. The zero-order valence-electron chi connectivity index (χ0n) is 10.4. The lowest BCUT2D eigenvalue weighted by Gasteiger charge is -2.02. The highest BCUT2D eigenvalue weighted by Crippen LogP contribution is 2.21. The summed E-state index contributed by atoms with van der Waals surface area (Å²) in [5.74, 6) is -1.42. The Hall–Kier alpha value is -2.21. The quantitative estimate of drug-likeness (QED) is 0.903. The van der Waals surface area contributed by atoms with Crippen LogP contribution in [0.4, 0.5) is 5.13 Å². The molecule has 0 spiro atoms. The fraction of sp³-hybridized carbons (Fsp3) is 0.154. The molecule has 0 radical (unpaired) electrons. The van der Waals surface area contributed by atoms with Crippen LogP contribution in [0.25, 0.3) is 0 Å². The summed E-state index contributed by atoms with van der Waals surface area (Å²) in [6, 6.07) is 5.88. The van der Waals surface area contributed by atoms with E-state index in [4.69, 9.17) is 5.11 Å². The van der Waals surface area contributed by atoms with Crippen LogP contribution in [0.15, 0.2) is 24.3 Å². The van der Waals surface area contributed by atoms with Crippen molar-refractivity contribution in [2.75, 3.05) is 5.32 Å². The summed E-state index contributed by atoms with van der Waals surface area (Å²) in [5.41, 5.74) is 1.25. The van der Waals surface area contributed by atoms with Crippen LogP contribution in [0.3, 0.4) is 0 Å². The van der Waals surface area contributed by atoms with Gasteiger partial charge in [0.15, 0.2) is 5.13 Å². The van der Waals surface area contributed by atoms with Crippen LogP contribution in [0.1, 0.15) is 31.3 Å². The number of nitrogens with one attached hydrogen (secondary N) is 1. The summed E-state index contributed by atoms with van der Waals surface area (Å²) in [5, 5.41) is 12.1. The maximum absolute atomic E-state index is 12.0. The van der Waals surface area contributed by atoms with Gasteiger partial charge in [0.2, 0.25) is 0 Å². The molecule has 0 aliphatic carbocycles. The summed E-state index contributed by atoms with van der Waals surface area (Å²) >= 11 is 1.39. The molecule has 0 saturated heterocycles. The van der Waals surface area contributed by atoms with Gasteiger partial charge in [-0.15, -0.1) is 11.3 Å². The number of thiazole rings is 1. The average molecular weight is 276 g/mol. The van der Waals surface area contributed by atoms with E-state index in [1.807, 2.05) is 13.8 Å². The molecule has 0 unspecified atom stereocenters. The summed E-state index contributed by atoms with van der Waals surface area (Å²) < 4.78 is 0. The van der Waals surface area contributed by atoms with Crippen molar-refractivity contribution < 1.29 is 14.7 Å². The molecule has 0 aliphatic heterocycles. The number of nitrogens with zero attached hydrogens (tertiary/aromatic N) is 1. The fourth-order valence-corrected chi connectivity index (χ4v) is 2.30. The van der Waals surface area contributed by atoms with Crippen molar-refractivity contribution in [1.29, 1.82) is 0 Å². The molecule has 0 saturated carbocycles. The zero-order valence-corrected chi connectivity index (χ0v) is 11.2. The van der Waals surface area contributed by atoms with Crippen molar-refractivity contribution in [3.05, 3.63) is 46.0 Å². The highest BCUT2D eigenvalue weighted by molar-refractivity contribution is 7.15. The predicted octanol–water partition coefficient (Wildman–Crippen LogP) is 2.71. The molecule has 1 aromatic heterocycles. The minimum absolute atomic E-state index is 0.0825. The second-order valence-corrected chi connectivity index (χ2v) is 5.20. The third-order valence-electron chi connectivity index (χ3n) is 2.62. The highest BCUT2D eigenvalue weighted by atomic mass is 32.1. The third-order valence-corrected chi connectivity index (χ3v) is 3.61. The smallest absolute Gasteiger partial charge is 0.335 e. The second-order valence-electron chi connectivity index (χ2n) is 4.00. The maximum atomic E-state index is 12.0. The van der Waals surface area contributed by atoms with Crippen molar-refractivity contribution in [2.24, 2.45) is 0 Å². The molecule has 0 aliphatic rings. The molecule has 19 heavy (non-hydrogen) atoms. The number of amides is 1. The summed E-state index contributed by atoms with van der Waals surface area (Å²) in [7, 11) is 0. The lowest BCUT2D eigenvalue weighted by Crippen LogP contribution is -2.12. The highest BCUT2D eigenvalue weighted by Gasteiger charge is 2.12. The zero-order chi connectivity index (χ0) is 14.0. The third kappa shape index (κ3) is 2.97. The van der Waals surface area contributed by atoms with Crippen molar-refractivity contribution in [3.8, 4) is 0 Å². The minimum atomic E-state index is -1.06. The second kappa shape index (κ2) is 5.19. The first-order chi connectivity index (χ1) is 8.97. The van der Waals surface area contributed by atoms with Crippen molar-refractivity contribution >= 4 is 28.3 Å². The number of carboxylic acids is 1. The SMILES string of the molecule is Cc1nc(NC(=O)c2cccc(C(=O)O)c2)sc1C. The van der Waals surface area contributed by atoms with Gasteiger partial charge < -0.3 is 5.11 Å². The van der Waals surface area contributed by atoms with Gasteiger partial charge in [-0.25, -0.2) is 9.78 Å². The van der Waals surface area contributed by atoms with E-state index < -0.39 is 5.97 Å². The van der Waals surface area contributed by atoms with Crippen molar-refractivity contribution in [1.82, 2.24) is 4.98 Å². The monoisotopic (exact) mass is 276 g/mol. The molecule has 2 N–H and O–H groups in total. The average Bonchev–Trinajstić information content (AvgIpc) is 2.68. The molecule has 2 aromatic rings. The maximum Gasteiger partial charge on any atom is 0.335 e. The van der Waals surface area contributed by atoms with E-state index >= 15 is 0 Å². The first-order valence-corrected chi connectivity index (χ1v) is 6.38. The number of rotatable bonds is 3. The summed E-state index contributed by atoms with van der Waals surface area (Å²) in [6.45, 7) is 3.79. The molecule has 6 heteroatoms. The molecule has 1 amide bonds. The predicted molar refractivity (Wildman–Crippen MR) is 72.9 cm³/mol. The van der Waals surface area contributed by atoms with Gasteiger partial charge in [-0.1, -0.05) is 6.07 Å². The minimum Gasteiger partial charge on any atom is -0.478 e. The van der Waals surface area contributed by atoms with Gasteiger partial charge >= 0.3 is 5.97 Å². The molecule has 0 bridgehead atoms. The number of aromatic carboxylic acids is 1. The van der Waals surface area contributed by atoms with Gasteiger partial charge in [-0.3, -0.25) is 10.1 Å². The van der Waals surface area contributed by atoms with Gasteiger partial charge in [0.1, 0.15) is 0 Å². The molecule has 1 heterocycles. The molecule has 2 rings (SSSR count). The van der Waals surface area contributed by atoms with Crippen LogP contribution < -0.4 is 5.32 Å². The van der Waals surface area contributed by atoms with E-state index in [2.05, 4.69) is 10.3 Å². The van der Waals surface area contributed by atoms with Gasteiger partial charge in [0.25, 0.3) is 5.91 Å². The van der Waals surface area contributed by atoms with Crippen molar-refractivity contribution in [3.63, 3.8) is 0 Å². The Morgan fingerprint density at radius 2 is 1.95 bits per heavy atom. The van der Waals surface area contributed by atoms with E-state index in [-0.39, 0.29) is 11.5 Å². The summed E-state index contributed by atoms with van der Waals surface area (Å²) in [6.07, 6.45) is 0. The van der Waals surface area contributed by atoms with Crippen LogP contribution in [-0.2, 0) is 0 Å². The van der Waals surface area contributed by atoms with Gasteiger partial charge in [-0.2, -0.15) is 0 Å². The van der Waals surface area contributed by atoms with Gasteiger partial charge in [0.05, 0.1) is 11.3 Å². The number of aromatic nitrogens is 1. The summed E-state index contributed by atoms with van der Waals surface area (Å²) in [4.78, 5) is 28.1. The van der Waals surface area contributed by atoms with E-state index in [0.717, 1.165) is 10.6 Å². The molecular weight excluding hydrogens is 264 g/mol. The van der Waals surface area contributed by atoms with Crippen LogP contribution in [-0.4, -0.2) is 22.0 Å². The molecule has 5 nitrogen and oxygen atoms in total. The number of hydrogen-bond acceptors (Lipinski definition) is 4. The number of hydrogen-bond donors (Lipinski definition) is 2. The topological polar surface area (TPSA) is 79.3 Å². The van der Waals surface area contributed by atoms with Crippen molar-refractivity contribution in [2.45, 2.75) is 13.8 Å². The Morgan fingerprint density at radius 1 is 1.26 bits per heavy atom.